The van der Waals surface area contributed by atoms with E-state index in [9.17, 15) is 0 Å². The second-order valence-electron chi connectivity index (χ2n) is 3.75. The number of nitrogens with zero attached hydrogens (tertiary/aromatic N) is 2. The summed E-state index contributed by atoms with van der Waals surface area (Å²) in [5.74, 6) is 0. The fraction of sp³-hybridized carbons (Fsp3) is 0.333. The Morgan fingerprint density at radius 3 is 3.00 bits per heavy atom. The van der Waals surface area contributed by atoms with E-state index >= 15 is 0 Å². The van der Waals surface area contributed by atoms with Gasteiger partial charge in [0.25, 0.3) is 0 Å². The zero-order valence-electron chi connectivity index (χ0n) is 10.0. The molecule has 96 valence electrons. The molecule has 0 aliphatic heterocycles. The Morgan fingerprint density at radius 2 is 2.33 bits per heavy atom. The van der Waals surface area contributed by atoms with Crippen LogP contribution in [-0.4, -0.2) is 15.9 Å². The number of rotatable bonds is 6. The highest BCUT2D eigenvalue weighted by Crippen LogP contribution is 2.34. The minimum Gasteiger partial charge on any atom is -0.313 e. The Morgan fingerprint density at radius 1 is 1.44 bits per heavy atom. The number of hydrogen-bond donors (Lipinski definition) is 1. The van der Waals surface area contributed by atoms with Crippen molar-refractivity contribution in [3.05, 3.63) is 34.6 Å². The first-order valence-electron chi connectivity index (χ1n) is 5.73. The SMILES string of the molecule is CCCNCc1ccc(Sc2ncns2)c(Br)c1. The standard InChI is InChI=1S/C12H14BrN3S2/c1-2-5-14-7-9-3-4-11(10(13)6-9)17-12-15-8-16-18-12/h3-4,6,8,14H,2,5,7H2,1H3. The average molecular weight is 344 g/mol. The number of halogens is 1. The molecule has 0 radical (unpaired) electrons. The third-order valence-corrected chi connectivity index (χ3v) is 5.00. The van der Waals surface area contributed by atoms with E-state index in [4.69, 9.17) is 0 Å². The minimum absolute atomic E-state index is 0.913. The number of hydrogen-bond acceptors (Lipinski definition) is 5. The van der Waals surface area contributed by atoms with Gasteiger partial charge in [-0.15, -0.1) is 0 Å². The molecule has 0 bridgehead atoms. The first-order valence-corrected chi connectivity index (χ1v) is 8.11. The fourth-order valence-corrected chi connectivity index (χ4v) is 3.52. The largest absolute Gasteiger partial charge is 0.313 e. The summed E-state index contributed by atoms with van der Waals surface area (Å²) in [5.41, 5.74) is 1.29. The van der Waals surface area contributed by atoms with Crippen LogP contribution in [0.2, 0.25) is 0 Å². The van der Waals surface area contributed by atoms with Gasteiger partial charge in [-0.25, -0.2) is 4.98 Å². The zero-order valence-corrected chi connectivity index (χ0v) is 13.2. The third kappa shape index (κ3) is 4.05. The molecule has 0 fully saturated rings. The Hall–Kier alpha value is -0.430. The van der Waals surface area contributed by atoms with Crippen molar-refractivity contribution in [2.24, 2.45) is 0 Å². The third-order valence-electron chi connectivity index (χ3n) is 2.29. The van der Waals surface area contributed by atoms with E-state index in [-0.39, 0.29) is 0 Å². The molecule has 1 aromatic heterocycles. The van der Waals surface area contributed by atoms with E-state index in [0.717, 1.165) is 28.3 Å². The molecule has 0 saturated heterocycles. The Bertz CT molecular complexity index is 488. The maximum Gasteiger partial charge on any atom is 0.174 e. The maximum atomic E-state index is 4.17. The molecule has 2 aromatic rings. The molecular formula is C12H14BrN3S2. The lowest BCUT2D eigenvalue weighted by Crippen LogP contribution is -2.13. The predicted octanol–water partition coefficient (Wildman–Crippen LogP) is 3.95. The molecule has 3 nitrogen and oxygen atoms in total. The number of nitrogens with one attached hydrogen (secondary N) is 1. The monoisotopic (exact) mass is 343 g/mol. The van der Waals surface area contributed by atoms with E-state index in [1.54, 1.807) is 18.1 Å². The minimum atomic E-state index is 0.913. The van der Waals surface area contributed by atoms with Crippen LogP contribution in [0.4, 0.5) is 0 Å². The van der Waals surface area contributed by atoms with Gasteiger partial charge in [-0.2, -0.15) is 4.37 Å². The molecule has 0 aliphatic rings. The van der Waals surface area contributed by atoms with Gasteiger partial charge in [-0.05, 0) is 58.1 Å². The van der Waals surface area contributed by atoms with Crippen molar-refractivity contribution in [2.45, 2.75) is 29.1 Å². The van der Waals surface area contributed by atoms with Crippen LogP contribution in [0.15, 0.2) is 38.2 Å². The van der Waals surface area contributed by atoms with Crippen molar-refractivity contribution in [1.29, 1.82) is 0 Å². The number of benzene rings is 1. The summed E-state index contributed by atoms with van der Waals surface area (Å²) in [6, 6.07) is 6.43. The quantitative estimate of drug-likeness (QED) is 0.805. The van der Waals surface area contributed by atoms with Gasteiger partial charge in [0.2, 0.25) is 0 Å². The predicted molar refractivity (Wildman–Crippen MR) is 80.2 cm³/mol. The van der Waals surface area contributed by atoms with Gasteiger partial charge in [0.1, 0.15) is 6.33 Å². The molecule has 0 spiro atoms. The second-order valence-corrected chi connectivity index (χ2v) is 6.67. The van der Waals surface area contributed by atoms with Crippen molar-refractivity contribution < 1.29 is 0 Å². The van der Waals surface area contributed by atoms with Gasteiger partial charge in [-0.3, -0.25) is 0 Å². The molecular weight excluding hydrogens is 330 g/mol. The summed E-state index contributed by atoms with van der Waals surface area (Å²) >= 11 is 6.66. The van der Waals surface area contributed by atoms with Crippen LogP contribution in [-0.2, 0) is 6.54 Å². The Balaban J connectivity index is 2.01. The molecule has 0 atom stereocenters. The van der Waals surface area contributed by atoms with Crippen molar-refractivity contribution in [1.82, 2.24) is 14.7 Å². The van der Waals surface area contributed by atoms with Crippen LogP contribution >= 0.6 is 39.2 Å². The van der Waals surface area contributed by atoms with Crippen LogP contribution in [0.5, 0.6) is 0 Å². The smallest absolute Gasteiger partial charge is 0.174 e. The summed E-state index contributed by atoms with van der Waals surface area (Å²) in [6.07, 6.45) is 2.75. The van der Waals surface area contributed by atoms with Crippen molar-refractivity contribution in [3.63, 3.8) is 0 Å². The van der Waals surface area contributed by atoms with Crippen LogP contribution in [0.3, 0.4) is 0 Å². The van der Waals surface area contributed by atoms with Crippen molar-refractivity contribution in [2.75, 3.05) is 6.54 Å². The van der Waals surface area contributed by atoms with E-state index in [0.29, 0.717) is 0 Å². The Labute approximate surface area is 124 Å². The van der Waals surface area contributed by atoms with Gasteiger partial charge in [-0.1, -0.05) is 24.8 Å². The zero-order chi connectivity index (χ0) is 12.8. The van der Waals surface area contributed by atoms with Gasteiger partial charge in [0, 0.05) is 15.9 Å². The molecule has 1 N–H and O–H groups in total. The lowest BCUT2D eigenvalue weighted by atomic mass is 10.2. The van der Waals surface area contributed by atoms with Gasteiger partial charge in [0.15, 0.2) is 4.34 Å². The molecule has 1 aromatic carbocycles. The van der Waals surface area contributed by atoms with Crippen LogP contribution in [0, 0.1) is 0 Å². The van der Waals surface area contributed by atoms with Gasteiger partial charge in [0.05, 0.1) is 0 Å². The first-order chi connectivity index (χ1) is 8.79. The Kier molecular flexibility index (Phi) is 5.62. The summed E-state index contributed by atoms with van der Waals surface area (Å²) in [6.45, 7) is 4.14. The topological polar surface area (TPSA) is 37.8 Å². The first kappa shape index (κ1) is 14.0. The van der Waals surface area contributed by atoms with Crippen molar-refractivity contribution >= 4 is 39.2 Å². The fourth-order valence-electron chi connectivity index (χ4n) is 1.45. The highest BCUT2D eigenvalue weighted by atomic mass is 79.9. The molecule has 2 rings (SSSR count). The van der Waals surface area contributed by atoms with Gasteiger partial charge < -0.3 is 5.32 Å². The summed E-state index contributed by atoms with van der Waals surface area (Å²) in [5, 5.41) is 3.40. The maximum absolute atomic E-state index is 4.17. The molecule has 0 amide bonds. The molecule has 0 saturated carbocycles. The van der Waals surface area contributed by atoms with Crippen LogP contribution < -0.4 is 5.32 Å². The summed E-state index contributed by atoms with van der Waals surface area (Å²) in [4.78, 5) is 5.35. The summed E-state index contributed by atoms with van der Waals surface area (Å²) in [7, 11) is 0. The van der Waals surface area contributed by atoms with E-state index in [2.05, 4.69) is 55.7 Å². The number of aromatic nitrogens is 2. The molecule has 0 unspecified atom stereocenters. The summed E-state index contributed by atoms with van der Waals surface area (Å²) < 4.78 is 6.07. The lowest BCUT2D eigenvalue weighted by molar-refractivity contribution is 0.675. The molecule has 18 heavy (non-hydrogen) atoms. The van der Waals surface area contributed by atoms with Crippen LogP contribution in [0.1, 0.15) is 18.9 Å². The van der Waals surface area contributed by atoms with E-state index in [1.807, 2.05) is 0 Å². The molecule has 0 aliphatic carbocycles. The lowest BCUT2D eigenvalue weighted by Gasteiger charge is -2.06. The van der Waals surface area contributed by atoms with E-state index < -0.39 is 0 Å². The van der Waals surface area contributed by atoms with Gasteiger partial charge >= 0.3 is 0 Å². The molecule has 1 heterocycles. The second kappa shape index (κ2) is 7.23. The van der Waals surface area contributed by atoms with Crippen molar-refractivity contribution in [3.8, 4) is 0 Å². The highest BCUT2D eigenvalue weighted by molar-refractivity contribution is 9.10. The van der Waals surface area contributed by atoms with E-state index in [1.165, 1.54) is 22.0 Å². The normalized spacial score (nSPS) is 10.8. The molecule has 6 heteroatoms. The van der Waals surface area contributed by atoms with Crippen LogP contribution in [0.25, 0.3) is 0 Å². The highest BCUT2D eigenvalue weighted by Gasteiger charge is 2.06. The average Bonchev–Trinajstić information content (AvgIpc) is 2.86.